The fourth-order valence-corrected chi connectivity index (χ4v) is 5.88. The molecule has 2 aromatic carbocycles. The number of nitrogens with zero attached hydrogens (tertiary/aromatic N) is 5. The molecule has 1 N–H and O–H groups in total. The number of aliphatic hydroxyl groups is 1. The largest absolute Gasteiger partial charge is 0.497 e. The van der Waals surface area contributed by atoms with Crippen LogP contribution in [0.4, 0.5) is 13.2 Å². The number of carbonyl (C=O) groups is 1. The number of alkyl halides is 3. The summed E-state index contributed by atoms with van der Waals surface area (Å²) in [5, 5.41) is 14.1. The van der Waals surface area contributed by atoms with Gasteiger partial charge in [-0.15, -0.1) is 0 Å². The molecule has 1 aliphatic rings. The van der Waals surface area contributed by atoms with Crippen LogP contribution in [0, 0.1) is 6.92 Å². The van der Waals surface area contributed by atoms with Gasteiger partial charge in [-0.1, -0.05) is 28.1 Å². The molecule has 2 aromatic heterocycles. The van der Waals surface area contributed by atoms with Crippen LogP contribution in [0.1, 0.15) is 40.1 Å². The number of ether oxygens (including phenoxy) is 1. The highest BCUT2D eigenvalue weighted by molar-refractivity contribution is 9.10. The number of piperazine rings is 1. The van der Waals surface area contributed by atoms with Gasteiger partial charge in [0.1, 0.15) is 11.3 Å². The molecule has 0 bridgehead atoms. The molecule has 1 aliphatic heterocycles. The topological polar surface area (TPSA) is 83.2 Å². The van der Waals surface area contributed by atoms with Gasteiger partial charge in [0, 0.05) is 41.3 Å². The lowest BCUT2D eigenvalue weighted by Gasteiger charge is -2.43. The number of methoxy groups -OCH3 is 1. The van der Waals surface area contributed by atoms with Gasteiger partial charge in [0.2, 0.25) is 0 Å². The van der Waals surface area contributed by atoms with E-state index in [0.717, 1.165) is 16.2 Å². The molecule has 41 heavy (non-hydrogen) atoms. The Morgan fingerprint density at radius 2 is 1.93 bits per heavy atom. The molecule has 0 radical (unpaired) electrons. The highest BCUT2D eigenvalue weighted by atomic mass is 79.9. The van der Waals surface area contributed by atoms with Crippen molar-refractivity contribution < 1.29 is 27.8 Å². The van der Waals surface area contributed by atoms with Crippen LogP contribution in [0.2, 0.25) is 0 Å². The molecule has 1 saturated heterocycles. The van der Waals surface area contributed by atoms with Crippen LogP contribution in [0.25, 0.3) is 16.9 Å². The third-order valence-corrected chi connectivity index (χ3v) is 8.01. The van der Waals surface area contributed by atoms with Gasteiger partial charge < -0.3 is 14.7 Å². The van der Waals surface area contributed by atoms with E-state index in [-0.39, 0.29) is 41.2 Å². The van der Waals surface area contributed by atoms with Crippen LogP contribution in [0.3, 0.4) is 0 Å². The maximum absolute atomic E-state index is 14.3. The van der Waals surface area contributed by atoms with E-state index >= 15 is 0 Å². The quantitative estimate of drug-likeness (QED) is 0.308. The second kappa shape index (κ2) is 11.4. The first-order chi connectivity index (χ1) is 19.5. The fraction of sp³-hybridized carbons (Fsp3) is 0.345. The monoisotopic (exact) mass is 631 g/mol. The Balaban J connectivity index is 1.49. The summed E-state index contributed by atoms with van der Waals surface area (Å²) in [5.41, 5.74) is 0.279. The van der Waals surface area contributed by atoms with Crippen molar-refractivity contribution >= 4 is 27.5 Å². The van der Waals surface area contributed by atoms with E-state index < -0.39 is 17.8 Å². The Labute approximate surface area is 243 Å². The lowest BCUT2D eigenvalue weighted by Crippen LogP contribution is -2.55. The Morgan fingerprint density at radius 3 is 2.54 bits per heavy atom. The summed E-state index contributed by atoms with van der Waals surface area (Å²) >= 11 is 3.47. The second-order valence-corrected chi connectivity index (χ2v) is 11.0. The van der Waals surface area contributed by atoms with Gasteiger partial charge in [-0.2, -0.15) is 18.3 Å². The number of hydrogen-bond donors (Lipinski definition) is 1. The summed E-state index contributed by atoms with van der Waals surface area (Å²) < 4.78 is 49.7. The van der Waals surface area contributed by atoms with Crippen molar-refractivity contribution in [2.24, 2.45) is 0 Å². The van der Waals surface area contributed by atoms with E-state index in [1.54, 1.807) is 29.2 Å². The van der Waals surface area contributed by atoms with E-state index in [1.807, 2.05) is 31.2 Å². The summed E-state index contributed by atoms with van der Waals surface area (Å²) in [6.07, 6.45) is -3.57. The summed E-state index contributed by atoms with van der Waals surface area (Å²) in [4.78, 5) is 22.1. The highest BCUT2D eigenvalue weighted by Gasteiger charge is 2.39. The lowest BCUT2D eigenvalue weighted by atomic mass is 10.0. The molecule has 0 spiro atoms. The molecule has 1 unspecified atom stereocenters. The third-order valence-electron chi connectivity index (χ3n) is 7.51. The Morgan fingerprint density at radius 1 is 1.20 bits per heavy atom. The van der Waals surface area contributed by atoms with Gasteiger partial charge in [-0.05, 0) is 55.8 Å². The summed E-state index contributed by atoms with van der Waals surface area (Å²) in [5.74, 6) is 0.112. The first-order valence-electron chi connectivity index (χ1n) is 13.0. The molecular weight excluding hydrogens is 603 g/mol. The summed E-state index contributed by atoms with van der Waals surface area (Å²) in [6, 6.07) is 13.7. The predicted molar refractivity (Wildman–Crippen MR) is 151 cm³/mol. The molecule has 1 amide bonds. The van der Waals surface area contributed by atoms with E-state index in [2.05, 4.69) is 30.9 Å². The highest BCUT2D eigenvalue weighted by Crippen LogP contribution is 2.37. The van der Waals surface area contributed by atoms with Crippen LogP contribution < -0.4 is 4.74 Å². The normalized spacial score (nSPS) is 17.2. The summed E-state index contributed by atoms with van der Waals surface area (Å²) in [6.45, 7) is 4.41. The zero-order chi connectivity index (χ0) is 29.5. The van der Waals surface area contributed by atoms with Gasteiger partial charge in [-0.25, -0.2) is 9.50 Å². The molecule has 3 heterocycles. The summed E-state index contributed by atoms with van der Waals surface area (Å²) in [7, 11) is 1.50. The Hall–Kier alpha value is -3.48. The number of fused-ring (bicyclic) bond motifs is 1. The molecule has 12 heteroatoms. The average molecular weight is 632 g/mol. The Kier molecular flexibility index (Phi) is 8.09. The number of benzene rings is 2. The molecule has 4 aromatic rings. The average Bonchev–Trinajstić information content (AvgIpc) is 3.35. The maximum atomic E-state index is 14.3. The number of aromatic nitrogens is 3. The van der Waals surface area contributed by atoms with Crippen molar-refractivity contribution in [2.75, 3.05) is 33.4 Å². The van der Waals surface area contributed by atoms with Crippen LogP contribution in [0.5, 0.6) is 5.75 Å². The van der Waals surface area contributed by atoms with Crippen molar-refractivity contribution in [1.82, 2.24) is 24.4 Å². The molecule has 2 atom stereocenters. The molecule has 8 nitrogen and oxygen atoms in total. The molecule has 216 valence electrons. The smallest absolute Gasteiger partial charge is 0.433 e. The van der Waals surface area contributed by atoms with Crippen LogP contribution in [-0.4, -0.2) is 74.8 Å². The fourth-order valence-electron chi connectivity index (χ4n) is 5.46. The van der Waals surface area contributed by atoms with Gasteiger partial charge in [-0.3, -0.25) is 9.69 Å². The second-order valence-electron chi connectivity index (χ2n) is 10.0. The van der Waals surface area contributed by atoms with E-state index in [9.17, 15) is 23.1 Å². The number of aliphatic hydroxyl groups excluding tert-OH is 1. The zero-order valence-electron chi connectivity index (χ0n) is 22.7. The maximum Gasteiger partial charge on any atom is 0.433 e. The molecule has 1 fully saturated rings. The number of carbonyl (C=O) groups excluding carboxylic acids is 1. The molecule has 5 rings (SSSR count). The molecular formula is C29H29BrF3N5O3. The number of rotatable bonds is 6. The van der Waals surface area contributed by atoms with E-state index in [4.69, 9.17) is 4.74 Å². The minimum Gasteiger partial charge on any atom is -0.497 e. The predicted octanol–water partition coefficient (Wildman–Crippen LogP) is 5.37. The number of hydrogen-bond acceptors (Lipinski definition) is 6. The first kappa shape index (κ1) is 29.0. The van der Waals surface area contributed by atoms with Crippen LogP contribution in [0.15, 0.2) is 59.2 Å². The van der Waals surface area contributed by atoms with Gasteiger partial charge in [0.25, 0.3) is 5.91 Å². The van der Waals surface area contributed by atoms with Crippen molar-refractivity contribution in [3.8, 4) is 17.0 Å². The minimum absolute atomic E-state index is 0.00346. The van der Waals surface area contributed by atoms with Gasteiger partial charge in [0.15, 0.2) is 11.3 Å². The Bertz CT molecular complexity index is 1570. The third kappa shape index (κ3) is 5.55. The van der Waals surface area contributed by atoms with Crippen LogP contribution in [-0.2, 0) is 6.18 Å². The van der Waals surface area contributed by atoms with Crippen molar-refractivity contribution in [1.29, 1.82) is 0 Å². The minimum atomic E-state index is -4.73. The first-order valence-corrected chi connectivity index (χ1v) is 13.8. The number of amides is 1. The SMILES string of the molecule is COc1ccc(-c2nc3c(C(=O)N4CCN(C(CO)c5cccc(Br)c5)C[C@H]4C)cnn3c(C(F)(F)F)c2C)cc1. The van der Waals surface area contributed by atoms with Crippen molar-refractivity contribution in [3.63, 3.8) is 0 Å². The zero-order valence-corrected chi connectivity index (χ0v) is 24.3. The number of halogens is 4. The van der Waals surface area contributed by atoms with E-state index in [0.29, 0.717) is 35.5 Å². The van der Waals surface area contributed by atoms with Crippen molar-refractivity contribution in [2.45, 2.75) is 32.1 Å². The van der Waals surface area contributed by atoms with Gasteiger partial charge >= 0.3 is 6.18 Å². The van der Waals surface area contributed by atoms with Crippen LogP contribution >= 0.6 is 15.9 Å². The van der Waals surface area contributed by atoms with Gasteiger partial charge in [0.05, 0.1) is 31.6 Å². The van der Waals surface area contributed by atoms with E-state index in [1.165, 1.54) is 14.0 Å². The lowest BCUT2D eigenvalue weighted by molar-refractivity contribution is -0.143. The standard InChI is InChI=1S/C29H29BrF3N5O3/c1-17-15-36(24(16-39)20-5-4-6-21(30)13-20)11-12-37(17)28(40)23-14-34-38-26(29(31,32)33)18(2)25(35-27(23)38)19-7-9-22(41-3)10-8-19/h4-10,13-14,17,24,39H,11-12,15-16H2,1-3H3/t17-,24?/m1/s1. The molecule has 0 saturated carbocycles. The molecule has 0 aliphatic carbocycles. The van der Waals surface area contributed by atoms with Crippen molar-refractivity contribution in [3.05, 3.63) is 81.6 Å².